The van der Waals surface area contributed by atoms with Crippen LogP contribution >= 0.6 is 11.3 Å². The molecule has 5 rings (SSSR count). The van der Waals surface area contributed by atoms with E-state index in [1.165, 1.54) is 11.3 Å². The molecule has 0 radical (unpaired) electrons. The summed E-state index contributed by atoms with van der Waals surface area (Å²) in [6.07, 6.45) is -0.718. The van der Waals surface area contributed by atoms with Gasteiger partial charge in [0.05, 0.1) is 27.2 Å². The molecule has 5 aromatic rings. The van der Waals surface area contributed by atoms with Crippen LogP contribution in [-0.4, -0.2) is 30.9 Å². The number of ether oxygens (including phenoxy) is 1. The number of thiophene rings is 1. The highest BCUT2D eigenvalue weighted by atomic mass is 32.1. The third-order valence-corrected chi connectivity index (χ3v) is 5.92. The summed E-state index contributed by atoms with van der Waals surface area (Å²) in [5.74, 6) is 0.131. The van der Waals surface area contributed by atoms with Crippen LogP contribution in [0.1, 0.15) is 35.0 Å². The second-order valence-electron chi connectivity index (χ2n) is 7.30. The van der Waals surface area contributed by atoms with Crippen molar-refractivity contribution < 1.29 is 13.9 Å². The molecule has 0 spiro atoms. The maximum Gasteiger partial charge on any atom is 0.339 e. The first-order chi connectivity index (χ1) is 15.5. The summed E-state index contributed by atoms with van der Waals surface area (Å²) in [7, 11) is 1.80. The first-order valence-corrected chi connectivity index (χ1v) is 10.9. The Kier molecular flexibility index (Phi) is 5.02. The molecule has 0 fully saturated rings. The summed E-state index contributed by atoms with van der Waals surface area (Å²) in [5, 5.41) is 15.1. The molecule has 9 heteroatoms. The highest BCUT2D eigenvalue weighted by Crippen LogP contribution is 2.30. The van der Waals surface area contributed by atoms with Crippen LogP contribution in [0.4, 0.5) is 0 Å². The van der Waals surface area contributed by atoms with Crippen LogP contribution in [0.25, 0.3) is 33.1 Å². The SMILES string of the molecule is Cc1nn(C)c2nc(-c3ccccc3)cc(C(=O)OC(C)c3nnc(-c4cccs4)o3)c12. The van der Waals surface area contributed by atoms with Crippen molar-refractivity contribution in [3.63, 3.8) is 0 Å². The monoisotopic (exact) mass is 445 g/mol. The van der Waals surface area contributed by atoms with Gasteiger partial charge in [-0.15, -0.1) is 21.5 Å². The Hall–Kier alpha value is -3.85. The lowest BCUT2D eigenvalue weighted by atomic mass is 10.1. The van der Waals surface area contributed by atoms with Crippen LogP contribution in [0, 0.1) is 6.92 Å². The zero-order valence-corrected chi connectivity index (χ0v) is 18.5. The summed E-state index contributed by atoms with van der Waals surface area (Å²) in [5.41, 5.74) is 3.27. The van der Waals surface area contributed by atoms with Crippen molar-refractivity contribution >= 4 is 28.3 Å². The standard InChI is InChI=1S/C23H19N5O3S/c1-13-19-16(12-17(15-8-5-4-6-9-15)24-20(19)28(3)27-13)23(29)30-14(2)21-25-26-22(31-21)18-10-7-11-32-18/h4-12,14H,1-3H3. The topological polar surface area (TPSA) is 95.9 Å². The number of aryl methyl sites for hydroxylation is 2. The maximum atomic E-state index is 13.2. The van der Waals surface area contributed by atoms with E-state index in [2.05, 4.69) is 15.3 Å². The van der Waals surface area contributed by atoms with E-state index in [4.69, 9.17) is 14.1 Å². The normalized spacial score (nSPS) is 12.2. The summed E-state index contributed by atoms with van der Waals surface area (Å²) in [4.78, 5) is 18.8. The molecule has 8 nitrogen and oxygen atoms in total. The highest BCUT2D eigenvalue weighted by Gasteiger charge is 2.24. The van der Waals surface area contributed by atoms with Gasteiger partial charge in [0.25, 0.3) is 11.8 Å². The average molecular weight is 446 g/mol. The van der Waals surface area contributed by atoms with Crippen LogP contribution in [0.5, 0.6) is 0 Å². The molecule has 0 amide bonds. The van der Waals surface area contributed by atoms with Gasteiger partial charge in [-0.2, -0.15) is 5.10 Å². The molecule has 0 bridgehead atoms. The minimum absolute atomic E-state index is 0.234. The number of hydrogen-bond donors (Lipinski definition) is 0. The lowest BCUT2D eigenvalue weighted by Gasteiger charge is -2.12. The van der Waals surface area contributed by atoms with Crippen molar-refractivity contribution in [3.8, 4) is 22.0 Å². The van der Waals surface area contributed by atoms with E-state index >= 15 is 0 Å². The molecule has 4 aromatic heterocycles. The zero-order chi connectivity index (χ0) is 22.2. The molecular formula is C23H19N5O3S. The molecule has 0 saturated heterocycles. The predicted molar refractivity (Wildman–Crippen MR) is 120 cm³/mol. The van der Waals surface area contributed by atoms with Gasteiger partial charge in [0.15, 0.2) is 11.8 Å². The minimum atomic E-state index is -0.718. The van der Waals surface area contributed by atoms with Gasteiger partial charge in [0, 0.05) is 12.6 Å². The molecule has 0 aliphatic rings. The second-order valence-corrected chi connectivity index (χ2v) is 8.25. The summed E-state index contributed by atoms with van der Waals surface area (Å²) in [6.45, 7) is 3.55. The Labute approximate surface area is 187 Å². The number of hydrogen-bond acceptors (Lipinski definition) is 8. The summed E-state index contributed by atoms with van der Waals surface area (Å²) in [6, 6.07) is 15.2. The van der Waals surface area contributed by atoms with Crippen LogP contribution in [0.3, 0.4) is 0 Å². The molecule has 0 saturated carbocycles. The first-order valence-electron chi connectivity index (χ1n) is 9.99. The van der Waals surface area contributed by atoms with Gasteiger partial charge in [-0.1, -0.05) is 36.4 Å². The predicted octanol–water partition coefficient (Wildman–Crippen LogP) is 4.97. The second kappa shape index (κ2) is 8.01. The fraction of sp³-hybridized carbons (Fsp3) is 0.174. The van der Waals surface area contributed by atoms with Crippen molar-refractivity contribution in [2.45, 2.75) is 20.0 Å². The van der Waals surface area contributed by atoms with E-state index < -0.39 is 12.1 Å². The largest absolute Gasteiger partial charge is 0.449 e. The minimum Gasteiger partial charge on any atom is -0.449 e. The molecule has 1 atom stereocenters. The third-order valence-electron chi connectivity index (χ3n) is 5.06. The van der Waals surface area contributed by atoms with Gasteiger partial charge in [0.2, 0.25) is 0 Å². The third kappa shape index (κ3) is 3.56. The molecule has 0 N–H and O–H groups in total. The van der Waals surface area contributed by atoms with E-state index in [-0.39, 0.29) is 5.89 Å². The number of carbonyl (C=O) groups excluding carboxylic acids is 1. The number of esters is 1. The Balaban J connectivity index is 1.50. The Morgan fingerprint density at radius 3 is 2.72 bits per heavy atom. The van der Waals surface area contributed by atoms with Crippen molar-refractivity contribution in [1.82, 2.24) is 25.0 Å². The number of carbonyl (C=O) groups is 1. The number of pyridine rings is 1. The average Bonchev–Trinajstić information content (AvgIpc) is 3.55. The Bertz CT molecular complexity index is 1410. The first kappa shape index (κ1) is 20.1. The number of fused-ring (bicyclic) bond motifs is 1. The van der Waals surface area contributed by atoms with Gasteiger partial charge in [-0.05, 0) is 31.4 Å². The highest BCUT2D eigenvalue weighted by molar-refractivity contribution is 7.13. The van der Waals surface area contributed by atoms with Crippen molar-refractivity contribution in [3.05, 3.63) is 71.1 Å². The summed E-state index contributed by atoms with van der Waals surface area (Å²) < 4.78 is 13.1. The fourth-order valence-electron chi connectivity index (χ4n) is 3.54. The van der Waals surface area contributed by atoms with Gasteiger partial charge in [-0.25, -0.2) is 9.78 Å². The molecule has 1 aromatic carbocycles. The van der Waals surface area contributed by atoms with E-state index in [1.54, 1.807) is 24.7 Å². The lowest BCUT2D eigenvalue weighted by Crippen LogP contribution is -2.11. The van der Waals surface area contributed by atoms with E-state index in [0.29, 0.717) is 33.9 Å². The van der Waals surface area contributed by atoms with Crippen LogP contribution in [0.2, 0.25) is 0 Å². The van der Waals surface area contributed by atoms with Crippen molar-refractivity contribution in [1.29, 1.82) is 0 Å². The number of nitrogens with zero attached hydrogens (tertiary/aromatic N) is 5. The summed E-state index contributed by atoms with van der Waals surface area (Å²) >= 11 is 1.50. The van der Waals surface area contributed by atoms with Crippen LogP contribution in [-0.2, 0) is 11.8 Å². The van der Waals surface area contributed by atoms with Gasteiger partial charge in [-0.3, -0.25) is 4.68 Å². The zero-order valence-electron chi connectivity index (χ0n) is 17.6. The molecule has 0 aliphatic heterocycles. The Morgan fingerprint density at radius 1 is 1.16 bits per heavy atom. The number of aromatic nitrogens is 5. The van der Waals surface area contributed by atoms with Crippen molar-refractivity contribution in [2.24, 2.45) is 7.05 Å². The van der Waals surface area contributed by atoms with E-state index in [9.17, 15) is 4.79 Å². The van der Waals surface area contributed by atoms with Gasteiger partial charge >= 0.3 is 5.97 Å². The van der Waals surface area contributed by atoms with Crippen LogP contribution < -0.4 is 0 Å². The quantitative estimate of drug-likeness (QED) is 0.352. The van der Waals surface area contributed by atoms with Crippen molar-refractivity contribution in [2.75, 3.05) is 0 Å². The molecule has 4 heterocycles. The lowest BCUT2D eigenvalue weighted by molar-refractivity contribution is 0.0282. The van der Waals surface area contributed by atoms with E-state index in [1.807, 2.05) is 54.8 Å². The van der Waals surface area contributed by atoms with Gasteiger partial charge in [0.1, 0.15) is 0 Å². The van der Waals surface area contributed by atoms with Crippen LogP contribution in [0.15, 0.2) is 58.3 Å². The fourth-order valence-corrected chi connectivity index (χ4v) is 4.18. The molecule has 0 aliphatic carbocycles. The molecule has 1 unspecified atom stereocenters. The van der Waals surface area contributed by atoms with E-state index in [0.717, 1.165) is 10.4 Å². The Morgan fingerprint density at radius 2 is 1.97 bits per heavy atom. The molecule has 160 valence electrons. The number of benzene rings is 1. The smallest absolute Gasteiger partial charge is 0.339 e. The maximum absolute atomic E-state index is 13.2. The molecular weight excluding hydrogens is 426 g/mol. The number of rotatable bonds is 5. The van der Waals surface area contributed by atoms with Gasteiger partial charge < -0.3 is 9.15 Å². The molecule has 32 heavy (non-hydrogen) atoms.